The molecule has 29 heavy (non-hydrogen) atoms. The third-order valence-corrected chi connectivity index (χ3v) is 4.46. The zero-order chi connectivity index (χ0) is 20.4. The molecule has 0 unspecified atom stereocenters. The highest BCUT2D eigenvalue weighted by molar-refractivity contribution is 5.98. The van der Waals surface area contributed by atoms with Gasteiger partial charge in [-0.1, -0.05) is 12.1 Å². The number of aromatic nitrogens is 4. The van der Waals surface area contributed by atoms with Crippen molar-refractivity contribution in [3.8, 4) is 17.0 Å². The Morgan fingerprint density at radius 1 is 1.03 bits per heavy atom. The molecule has 148 valence electrons. The molecule has 0 bridgehead atoms. The van der Waals surface area contributed by atoms with Crippen LogP contribution in [0.15, 0.2) is 48.8 Å². The quantitative estimate of drug-likeness (QED) is 0.433. The molecule has 0 aliphatic heterocycles. The largest absolute Gasteiger partial charge is 0.508 e. The lowest BCUT2D eigenvalue weighted by Gasteiger charge is -2.06. The summed E-state index contributed by atoms with van der Waals surface area (Å²) in [6.07, 6.45) is 1.34. The number of halogens is 2. The number of nitrogens with one attached hydrogen (secondary N) is 1. The predicted octanol–water partition coefficient (Wildman–Crippen LogP) is 2.85. The SMILES string of the molecule is Nc1ncnc2c1c(-c1cc(O)cc(F)c1)nn2CCNCc1ccc(F)cc1. The highest BCUT2D eigenvalue weighted by Gasteiger charge is 2.18. The number of phenolic OH excluding ortho intramolecular Hbond substituents is 1. The predicted molar refractivity (Wildman–Crippen MR) is 105 cm³/mol. The Hall–Kier alpha value is -3.59. The van der Waals surface area contributed by atoms with Crippen LogP contribution >= 0.6 is 0 Å². The normalized spacial score (nSPS) is 11.2. The van der Waals surface area contributed by atoms with Crippen LogP contribution < -0.4 is 11.1 Å². The van der Waals surface area contributed by atoms with Crippen molar-refractivity contribution in [2.45, 2.75) is 13.1 Å². The molecule has 0 saturated heterocycles. The van der Waals surface area contributed by atoms with Gasteiger partial charge in [0.15, 0.2) is 5.65 Å². The Balaban J connectivity index is 1.58. The van der Waals surface area contributed by atoms with Crippen molar-refractivity contribution < 1.29 is 13.9 Å². The van der Waals surface area contributed by atoms with Gasteiger partial charge < -0.3 is 16.2 Å². The first-order chi connectivity index (χ1) is 14.0. The zero-order valence-electron chi connectivity index (χ0n) is 15.3. The lowest BCUT2D eigenvalue weighted by atomic mass is 10.1. The summed E-state index contributed by atoms with van der Waals surface area (Å²) in [6, 6.07) is 9.96. The third kappa shape index (κ3) is 3.99. The van der Waals surface area contributed by atoms with Gasteiger partial charge in [0.05, 0.1) is 11.9 Å². The number of rotatable bonds is 6. The summed E-state index contributed by atoms with van der Waals surface area (Å²) in [5.41, 5.74) is 8.27. The summed E-state index contributed by atoms with van der Waals surface area (Å²) in [5.74, 6) is -0.845. The van der Waals surface area contributed by atoms with Gasteiger partial charge in [-0.25, -0.2) is 23.4 Å². The fourth-order valence-electron chi connectivity index (χ4n) is 3.12. The van der Waals surface area contributed by atoms with E-state index < -0.39 is 5.82 Å². The molecule has 2 heterocycles. The van der Waals surface area contributed by atoms with E-state index >= 15 is 0 Å². The maximum absolute atomic E-state index is 13.8. The Labute approximate surface area is 164 Å². The van der Waals surface area contributed by atoms with E-state index in [0.29, 0.717) is 41.9 Å². The maximum atomic E-state index is 13.8. The molecule has 0 spiro atoms. The smallest absolute Gasteiger partial charge is 0.164 e. The number of anilines is 1. The van der Waals surface area contributed by atoms with E-state index in [1.807, 2.05) is 0 Å². The molecule has 7 nitrogen and oxygen atoms in total. The molecule has 0 amide bonds. The van der Waals surface area contributed by atoms with Crippen LogP contribution in [0, 0.1) is 11.6 Å². The molecule has 0 aliphatic rings. The van der Waals surface area contributed by atoms with Crippen LogP contribution in [0.4, 0.5) is 14.6 Å². The second kappa shape index (κ2) is 7.80. The Morgan fingerprint density at radius 2 is 1.83 bits per heavy atom. The number of hydrogen-bond acceptors (Lipinski definition) is 6. The highest BCUT2D eigenvalue weighted by Crippen LogP contribution is 2.32. The molecule has 2 aromatic carbocycles. The van der Waals surface area contributed by atoms with E-state index in [-0.39, 0.29) is 17.4 Å². The maximum Gasteiger partial charge on any atom is 0.164 e. The van der Waals surface area contributed by atoms with E-state index in [2.05, 4.69) is 20.4 Å². The first-order valence-corrected chi connectivity index (χ1v) is 8.93. The van der Waals surface area contributed by atoms with Crippen molar-refractivity contribution in [3.05, 3.63) is 66.0 Å². The summed E-state index contributed by atoms with van der Waals surface area (Å²) < 4.78 is 28.4. The van der Waals surface area contributed by atoms with Crippen LogP contribution in [0.25, 0.3) is 22.3 Å². The summed E-state index contributed by atoms with van der Waals surface area (Å²) in [4.78, 5) is 8.27. The van der Waals surface area contributed by atoms with Gasteiger partial charge in [-0.05, 0) is 29.8 Å². The Morgan fingerprint density at radius 3 is 2.59 bits per heavy atom. The van der Waals surface area contributed by atoms with Gasteiger partial charge in [0.1, 0.15) is 35.2 Å². The standard InChI is InChI=1S/C20H18F2N6O/c21-14-3-1-12(2-4-14)10-24-5-6-28-20-17(19(23)25-11-26-20)18(27-28)13-7-15(22)9-16(29)8-13/h1-4,7-9,11,24,29H,5-6,10H2,(H2,23,25,26). The average Bonchev–Trinajstić information content (AvgIpc) is 3.06. The third-order valence-electron chi connectivity index (χ3n) is 4.46. The monoisotopic (exact) mass is 396 g/mol. The van der Waals surface area contributed by atoms with Gasteiger partial charge >= 0.3 is 0 Å². The van der Waals surface area contributed by atoms with Crippen LogP contribution in [0.2, 0.25) is 0 Å². The van der Waals surface area contributed by atoms with Crippen molar-refractivity contribution >= 4 is 16.9 Å². The second-order valence-electron chi connectivity index (χ2n) is 6.53. The first kappa shape index (κ1) is 18.8. The van der Waals surface area contributed by atoms with Crippen molar-refractivity contribution in [2.24, 2.45) is 0 Å². The molecule has 9 heteroatoms. The average molecular weight is 396 g/mol. The summed E-state index contributed by atoms with van der Waals surface area (Å²) in [6.45, 7) is 1.60. The molecule has 0 fully saturated rings. The molecular formula is C20H18F2N6O. The van der Waals surface area contributed by atoms with Crippen LogP contribution in [-0.4, -0.2) is 31.4 Å². The lowest BCUT2D eigenvalue weighted by molar-refractivity contribution is 0.469. The lowest BCUT2D eigenvalue weighted by Crippen LogP contribution is -2.20. The van der Waals surface area contributed by atoms with Gasteiger partial charge in [0.25, 0.3) is 0 Å². The number of benzene rings is 2. The van der Waals surface area contributed by atoms with Gasteiger partial charge in [0.2, 0.25) is 0 Å². The minimum atomic E-state index is -0.584. The van der Waals surface area contributed by atoms with Crippen molar-refractivity contribution in [1.82, 2.24) is 25.1 Å². The molecule has 4 rings (SSSR count). The number of fused-ring (bicyclic) bond motifs is 1. The van der Waals surface area contributed by atoms with Gasteiger partial charge in [0, 0.05) is 24.7 Å². The second-order valence-corrected chi connectivity index (χ2v) is 6.53. The molecule has 4 N–H and O–H groups in total. The summed E-state index contributed by atoms with van der Waals surface area (Å²) in [5, 5.41) is 18.0. The van der Waals surface area contributed by atoms with Gasteiger partial charge in [-0.2, -0.15) is 5.10 Å². The fraction of sp³-hybridized carbons (Fsp3) is 0.150. The fourth-order valence-corrected chi connectivity index (χ4v) is 3.12. The Kier molecular flexibility index (Phi) is 5.05. The Bertz CT molecular complexity index is 1140. The molecule has 0 aliphatic carbocycles. The molecule has 0 radical (unpaired) electrons. The number of aromatic hydroxyl groups is 1. The topological polar surface area (TPSA) is 102 Å². The number of nitrogens with two attached hydrogens (primary N) is 1. The summed E-state index contributed by atoms with van der Waals surface area (Å²) in [7, 11) is 0. The van der Waals surface area contributed by atoms with E-state index in [0.717, 1.165) is 11.6 Å². The van der Waals surface area contributed by atoms with Crippen LogP contribution in [-0.2, 0) is 13.1 Å². The highest BCUT2D eigenvalue weighted by atomic mass is 19.1. The molecule has 0 saturated carbocycles. The summed E-state index contributed by atoms with van der Waals surface area (Å²) >= 11 is 0. The zero-order valence-corrected chi connectivity index (χ0v) is 15.3. The van der Waals surface area contributed by atoms with Crippen LogP contribution in [0.1, 0.15) is 5.56 Å². The minimum absolute atomic E-state index is 0.209. The van der Waals surface area contributed by atoms with Gasteiger partial charge in [-0.3, -0.25) is 0 Å². The number of nitrogen functional groups attached to an aromatic ring is 1. The van der Waals surface area contributed by atoms with Crippen LogP contribution in [0.3, 0.4) is 0 Å². The number of phenols is 1. The van der Waals surface area contributed by atoms with Crippen molar-refractivity contribution in [1.29, 1.82) is 0 Å². The first-order valence-electron chi connectivity index (χ1n) is 8.93. The molecule has 2 aromatic heterocycles. The van der Waals surface area contributed by atoms with Gasteiger partial charge in [-0.15, -0.1) is 0 Å². The van der Waals surface area contributed by atoms with Crippen molar-refractivity contribution in [2.75, 3.05) is 12.3 Å². The minimum Gasteiger partial charge on any atom is -0.508 e. The number of hydrogen-bond donors (Lipinski definition) is 3. The van der Waals surface area contributed by atoms with Crippen molar-refractivity contribution in [3.63, 3.8) is 0 Å². The van der Waals surface area contributed by atoms with E-state index in [1.54, 1.807) is 16.8 Å². The molecule has 0 atom stereocenters. The number of nitrogens with zero attached hydrogens (tertiary/aromatic N) is 4. The van der Waals surface area contributed by atoms with E-state index in [4.69, 9.17) is 5.73 Å². The van der Waals surface area contributed by atoms with E-state index in [9.17, 15) is 13.9 Å². The molecular weight excluding hydrogens is 378 g/mol. The molecule has 4 aromatic rings. The van der Waals surface area contributed by atoms with Crippen LogP contribution in [0.5, 0.6) is 5.75 Å². The van der Waals surface area contributed by atoms with E-state index in [1.165, 1.54) is 30.6 Å².